The minimum Gasteiger partial charge on any atom is -0.491 e. The molecule has 3 heteroatoms. The highest BCUT2D eigenvalue weighted by Crippen LogP contribution is 2.21. The van der Waals surface area contributed by atoms with Crippen molar-refractivity contribution in [2.75, 3.05) is 12.3 Å². The van der Waals surface area contributed by atoms with Gasteiger partial charge in [0.05, 0.1) is 18.4 Å². The van der Waals surface area contributed by atoms with Gasteiger partial charge in [-0.15, -0.1) is 0 Å². The zero-order valence-corrected chi connectivity index (χ0v) is 10.1. The van der Waals surface area contributed by atoms with Gasteiger partial charge in [0.25, 0.3) is 0 Å². The molecule has 0 heterocycles. The molecule has 3 nitrogen and oxygen atoms in total. The summed E-state index contributed by atoms with van der Waals surface area (Å²) in [6, 6.07) is 16.9. The van der Waals surface area contributed by atoms with E-state index >= 15 is 0 Å². The normalized spacial score (nSPS) is 12.1. The van der Waals surface area contributed by atoms with Crippen molar-refractivity contribution in [1.29, 1.82) is 0 Å². The Kier molecular flexibility index (Phi) is 4.20. The fourth-order valence-corrected chi connectivity index (χ4v) is 1.73. The summed E-state index contributed by atoms with van der Waals surface area (Å²) in [6.07, 6.45) is 0.0365. The first kappa shape index (κ1) is 12.5. The lowest BCUT2D eigenvalue weighted by Crippen LogP contribution is -2.06. The van der Waals surface area contributed by atoms with E-state index in [9.17, 15) is 5.11 Å². The van der Waals surface area contributed by atoms with E-state index in [0.717, 1.165) is 5.56 Å². The lowest BCUT2D eigenvalue weighted by Gasteiger charge is -2.12. The van der Waals surface area contributed by atoms with Crippen molar-refractivity contribution in [3.63, 3.8) is 0 Å². The maximum atomic E-state index is 9.96. The molecule has 2 rings (SSSR count). The molecular formula is C15H17NO2. The minimum atomic E-state index is -0.504. The number of hydrogen-bond acceptors (Lipinski definition) is 3. The van der Waals surface area contributed by atoms with E-state index in [1.54, 1.807) is 6.07 Å². The summed E-state index contributed by atoms with van der Waals surface area (Å²) in [5.74, 6) is 0.665. The molecule has 0 aliphatic heterocycles. The van der Waals surface area contributed by atoms with Crippen molar-refractivity contribution in [2.24, 2.45) is 0 Å². The van der Waals surface area contributed by atoms with Gasteiger partial charge in [-0.25, -0.2) is 0 Å². The van der Waals surface area contributed by atoms with Gasteiger partial charge in [0, 0.05) is 6.42 Å². The largest absolute Gasteiger partial charge is 0.491 e. The monoisotopic (exact) mass is 243 g/mol. The van der Waals surface area contributed by atoms with Crippen molar-refractivity contribution >= 4 is 5.69 Å². The van der Waals surface area contributed by atoms with Gasteiger partial charge in [-0.2, -0.15) is 0 Å². The third-order valence-corrected chi connectivity index (χ3v) is 2.75. The summed E-state index contributed by atoms with van der Waals surface area (Å²) in [7, 11) is 0. The van der Waals surface area contributed by atoms with Crippen molar-refractivity contribution in [2.45, 2.75) is 12.5 Å². The van der Waals surface area contributed by atoms with Crippen LogP contribution in [0.5, 0.6) is 5.75 Å². The van der Waals surface area contributed by atoms with Crippen LogP contribution in [0.3, 0.4) is 0 Å². The molecule has 94 valence electrons. The third-order valence-electron chi connectivity index (χ3n) is 2.75. The quantitative estimate of drug-likeness (QED) is 0.794. The molecule has 18 heavy (non-hydrogen) atoms. The number of benzene rings is 2. The van der Waals surface area contributed by atoms with Crippen molar-refractivity contribution in [1.82, 2.24) is 0 Å². The van der Waals surface area contributed by atoms with Crippen molar-refractivity contribution < 1.29 is 9.84 Å². The highest BCUT2D eigenvalue weighted by atomic mass is 16.5. The highest BCUT2D eigenvalue weighted by molar-refractivity contribution is 5.51. The van der Waals surface area contributed by atoms with Crippen LogP contribution in [0.15, 0.2) is 54.6 Å². The maximum absolute atomic E-state index is 9.96. The van der Waals surface area contributed by atoms with Gasteiger partial charge in [0.1, 0.15) is 5.75 Å². The fraction of sp³-hybridized carbons (Fsp3) is 0.200. The van der Waals surface area contributed by atoms with Crippen LogP contribution in [0.25, 0.3) is 0 Å². The minimum absolute atomic E-state index is 0.435. The Hall–Kier alpha value is -2.00. The predicted octanol–water partition coefficient (Wildman–Crippen LogP) is 2.77. The second kappa shape index (κ2) is 6.07. The van der Waals surface area contributed by atoms with Crippen LogP contribution >= 0.6 is 0 Å². The molecule has 0 fully saturated rings. The summed E-state index contributed by atoms with van der Waals surface area (Å²) < 4.78 is 5.54. The molecule has 0 radical (unpaired) electrons. The molecule has 3 N–H and O–H groups in total. The summed E-state index contributed by atoms with van der Waals surface area (Å²) in [4.78, 5) is 0. The Bertz CT molecular complexity index is 485. The number of aliphatic hydroxyl groups is 1. The highest BCUT2D eigenvalue weighted by Gasteiger charge is 2.07. The van der Waals surface area contributed by atoms with Crippen LogP contribution in [0, 0.1) is 0 Å². The van der Waals surface area contributed by atoms with E-state index < -0.39 is 6.10 Å². The molecule has 0 bridgehead atoms. The fourth-order valence-electron chi connectivity index (χ4n) is 1.73. The van der Waals surface area contributed by atoms with E-state index in [-0.39, 0.29) is 0 Å². The molecule has 0 amide bonds. The number of rotatable bonds is 5. The van der Waals surface area contributed by atoms with Gasteiger partial charge >= 0.3 is 0 Å². The lowest BCUT2D eigenvalue weighted by molar-refractivity contribution is 0.141. The summed E-state index contributed by atoms with van der Waals surface area (Å²) in [6.45, 7) is 0.435. The molecule has 0 saturated carbocycles. The number of ether oxygens (including phenoxy) is 1. The second-order valence-corrected chi connectivity index (χ2v) is 4.10. The Morgan fingerprint density at radius 3 is 2.39 bits per heavy atom. The zero-order chi connectivity index (χ0) is 12.8. The van der Waals surface area contributed by atoms with Crippen molar-refractivity contribution in [3.8, 4) is 5.75 Å². The predicted molar refractivity (Wildman–Crippen MR) is 72.4 cm³/mol. The molecule has 0 aliphatic carbocycles. The average molecular weight is 243 g/mol. The number of nitrogens with two attached hydrogens (primary N) is 1. The van der Waals surface area contributed by atoms with Gasteiger partial charge in [-0.1, -0.05) is 42.5 Å². The molecule has 2 aromatic rings. The number of nitrogen functional groups attached to an aromatic ring is 1. The van der Waals surface area contributed by atoms with Crippen LogP contribution in [0.4, 0.5) is 5.69 Å². The van der Waals surface area contributed by atoms with Crippen LogP contribution in [-0.2, 0) is 0 Å². The van der Waals surface area contributed by atoms with Gasteiger partial charge in [-0.3, -0.25) is 0 Å². The van der Waals surface area contributed by atoms with Crippen molar-refractivity contribution in [3.05, 3.63) is 60.2 Å². The molecule has 0 spiro atoms. The first-order chi connectivity index (χ1) is 8.77. The standard InChI is InChI=1S/C15H17NO2/c16-13-8-4-5-9-15(13)18-11-10-14(17)12-6-2-1-3-7-12/h1-9,14,17H,10-11,16H2. The van der Waals surface area contributed by atoms with E-state index in [2.05, 4.69) is 0 Å². The molecule has 1 atom stereocenters. The molecule has 0 aromatic heterocycles. The maximum Gasteiger partial charge on any atom is 0.142 e. The van der Waals surface area contributed by atoms with E-state index in [0.29, 0.717) is 24.5 Å². The van der Waals surface area contributed by atoms with Crippen LogP contribution in [0.2, 0.25) is 0 Å². The van der Waals surface area contributed by atoms with E-state index in [1.807, 2.05) is 48.5 Å². The second-order valence-electron chi connectivity index (χ2n) is 4.10. The van der Waals surface area contributed by atoms with Gasteiger partial charge in [0.2, 0.25) is 0 Å². The number of aliphatic hydroxyl groups excluding tert-OH is 1. The van der Waals surface area contributed by atoms with Crippen LogP contribution < -0.4 is 10.5 Å². The lowest BCUT2D eigenvalue weighted by atomic mass is 10.1. The molecule has 2 aromatic carbocycles. The zero-order valence-electron chi connectivity index (χ0n) is 10.1. The topological polar surface area (TPSA) is 55.5 Å². The first-order valence-electron chi connectivity index (χ1n) is 5.97. The Morgan fingerprint density at radius 1 is 1.00 bits per heavy atom. The SMILES string of the molecule is Nc1ccccc1OCCC(O)c1ccccc1. The molecule has 1 unspecified atom stereocenters. The Morgan fingerprint density at radius 2 is 1.67 bits per heavy atom. The smallest absolute Gasteiger partial charge is 0.142 e. The average Bonchev–Trinajstić information content (AvgIpc) is 2.42. The Labute approximate surface area is 107 Å². The first-order valence-corrected chi connectivity index (χ1v) is 5.97. The molecular weight excluding hydrogens is 226 g/mol. The summed E-state index contributed by atoms with van der Waals surface area (Å²) in [5.41, 5.74) is 7.28. The number of anilines is 1. The van der Waals surface area contributed by atoms with Gasteiger partial charge in [0.15, 0.2) is 0 Å². The van der Waals surface area contributed by atoms with Gasteiger partial charge in [-0.05, 0) is 17.7 Å². The molecule has 0 saturated heterocycles. The molecule has 0 aliphatic rings. The Balaban J connectivity index is 1.84. The van der Waals surface area contributed by atoms with E-state index in [4.69, 9.17) is 10.5 Å². The third kappa shape index (κ3) is 3.25. The van der Waals surface area contributed by atoms with E-state index in [1.165, 1.54) is 0 Å². The summed E-state index contributed by atoms with van der Waals surface area (Å²) >= 11 is 0. The summed E-state index contributed by atoms with van der Waals surface area (Å²) in [5, 5.41) is 9.96. The van der Waals surface area contributed by atoms with Crippen LogP contribution in [-0.4, -0.2) is 11.7 Å². The van der Waals surface area contributed by atoms with Gasteiger partial charge < -0.3 is 15.6 Å². The number of hydrogen-bond donors (Lipinski definition) is 2. The van der Waals surface area contributed by atoms with Crippen LogP contribution in [0.1, 0.15) is 18.1 Å². The number of para-hydroxylation sites is 2.